The normalized spacial score (nSPS) is 23.2. The Bertz CT molecular complexity index is 163. The molecule has 0 saturated carbocycles. The molecule has 1 fully saturated rings. The smallest absolute Gasteiger partial charge is 0.237 e. The number of hydrogen-bond acceptors (Lipinski definition) is 2. The summed E-state index contributed by atoms with van der Waals surface area (Å²) in [5.74, 6) is 0.108. The SMILES string of the molecule is COCC1CCCN1C(=O)CCl. The van der Waals surface area contributed by atoms with Gasteiger partial charge in [0.05, 0.1) is 12.6 Å². The van der Waals surface area contributed by atoms with Gasteiger partial charge in [-0.15, -0.1) is 11.6 Å². The highest BCUT2D eigenvalue weighted by Crippen LogP contribution is 2.17. The van der Waals surface area contributed by atoms with Crippen LogP contribution in [0.4, 0.5) is 0 Å². The van der Waals surface area contributed by atoms with Gasteiger partial charge in [-0.05, 0) is 12.8 Å². The van der Waals surface area contributed by atoms with Crippen LogP contribution in [0.1, 0.15) is 12.8 Å². The molecule has 4 heteroatoms. The second kappa shape index (κ2) is 4.67. The van der Waals surface area contributed by atoms with Crippen LogP contribution in [-0.4, -0.2) is 43.0 Å². The van der Waals surface area contributed by atoms with Crippen LogP contribution >= 0.6 is 11.6 Å². The molecule has 70 valence electrons. The zero-order valence-corrected chi connectivity index (χ0v) is 8.01. The summed E-state index contributed by atoms with van der Waals surface area (Å²) in [5.41, 5.74) is 0. The van der Waals surface area contributed by atoms with Gasteiger partial charge in [-0.1, -0.05) is 0 Å². The third-order valence-corrected chi connectivity index (χ3v) is 2.40. The fraction of sp³-hybridized carbons (Fsp3) is 0.875. The van der Waals surface area contributed by atoms with Crippen molar-refractivity contribution in [3.63, 3.8) is 0 Å². The average molecular weight is 192 g/mol. The summed E-state index contributed by atoms with van der Waals surface area (Å²) < 4.78 is 5.01. The van der Waals surface area contributed by atoms with E-state index in [0.29, 0.717) is 6.61 Å². The average Bonchev–Trinajstić information content (AvgIpc) is 2.52. The lowest BCUT2D eigenvalue weighted by Gasteiger charge is -2.22. The van der Waals surface area contributed by atoms with Crippen LogP contribution in [-0.2, 0) is 9.53 Å². The third kappa shape index (κ3) is 2.11. The fourth-order valence-corrected chi connectivity index (χ4v) is 1.76. The van der Waals surface area contributed by atoms with E-state index in [9.17, 15) is 4.79 Å². The highest BCUT2D eigenvalue weighted by Gasteiger charge is 2.27. The van der Waals surface area contributed by atoms with Crippen LogP contribution in [0.5, 0.6) is 0 Å². The van der Waals surface area contributed by atoms with Crippen LogP contribution < -0.4 is 0 Å². The van der Waals surface area contributed by atoms with Crippen LogP contribution in [0.25, 0.3) is 0 Å². The van der Waals surface area contributed by atoms with Crippen molar-refractivity contribution in [2.24, 2.45) is 0 Å². The van der Waals surface area contributed by atoms with Crippen LogP contribution in [0.15, 0.2) is 0 Å². The quantitative estimate of drug-likeness (QED) is 0.620. The lowest BCUT2D eigenvalue weighted by molar-refractivity contribution is -0.130. The first-order chi connectivity index (χ1) is 5.79. The molecule has 0 spiro atoms. The van der Waals surface area contributed by atoms with Gasteiger partial charge in [0.15, 0.2) is 0 Å². The predicted molar refractivity (Wildman–Crippen MR) is 47.3 cm³/mol. The number of likely N-dealkylation sites (tertiary alicyclic amines) is 1. The van der Waals surface area contributed by atoms with Crippen molar-refractivity contribution < 1.29 is 9.53 Å². The van der Waals surface area contributed by atoms with Crippen molar-refractivity contribution in [3.8, 4) is 0 Å². The second-order valence-electron chi connectivity index (χ2n) is 2.97. The molecule has 3 nitrogen and oxygen atoms in total. The minimum Gasteiger partial charge on any atom is -0.383 e. The molecule has 0 aromatic rings. The van der Waals surface area contributed by atoms with E-state index in [4.69, 9.17) is 16.3 Å². The highest BCUT2D eigenvalue weighted by atomic mass is 35.5. The van der Waals surface area contributed by atoms with E-state index < -0.39 is 0 Å². The number of methoxy groups -OCH3 is 1. The minimum atomic E-state index is 0.0243. The maximum absolute atomic E-state index is 11.2. The van der Waals surface area contributed by atoms with E-state index in [-0.39, 0.29) is 17.8 Å². The number of carbonyl (C=O) groups is 1. The lowest BCUT2D eigenvalue weighted by atomic mass is 10.2. The molecule has 0 N–H and O–H groups in total. The van der Waals surface area contributed by atoms with Crippen LogP contribution in [0, 0.1) is 0 Å². The van der Waals surface area contributed by atoms with Gasteiger partial charge < -0.3 is 9.64 Å². The van der Waals surface area contributed by atoms with Crippen molar-refractivity contribution in [1.82, 2.24) is 4.90 Å². The maximum atomic E-state index is 11.2. The Morgan fingerprint density at radius 1 is 1.75 bits per heavy atom. The van der Waals surface area contributed by atoms with Gasteiger partial charge >= 0.3 is 0 Å². The first kappa shape index (κ1) is 9.81. The Hall–Kier alpha value is -0.280. The van der Waals surface area contributed by atoms with Gasteiger partial charge in [0.2, 0.25) is 5.91 Å². The lowest BCUT2D eigenvalue weighted by Crippen LogP contribution is -2.38. The largest absolute Gasteiger partial charge is 0.383 e. The van der Waals surface area contributed by atoms with Gasteiger partial charge in [0, 0.05) is 13.7 Å². The summed E-state index contributed by atoms with van der Waals surface area (Å²) >= 11 is 5.47. The molecular formula is C8H14ClNO2. The van der Waals surface area contributed by atoms with Crippen molar-refractivity contribution in [2.75, 3.05) is 26.1 Å². The Labute approximate surface area is 77.6 Å². The van der Waals surface area contributed by atoms with E-state index in [1.54, 1.807) is 7.11 Å². The number of hydrogen-bond donors (Lipinski definition) is 0. The van der Waals surface area contributed by atoms with Gasteiger partial charge in [-0.2, -0.15) is 0 Å². The predicted octanol–water partition coefficient (Wildman–Crippen LogP) is 0.863. The van der Waals surface area contributed by atoms with Crippen molar-refractivity contribution >= 4 is 17.5 Å². The molecule has 1 saturated heterocycles. The molecule has 1 aliphatic rings. The molecule has 1 heterocycles. The van der Waals surface area contributed by atoms with E-state index >= 15 is 0 Å². The van der Waals surface area contributed by atoms with Crippen molar-refractivity contribution in [2.45, 2.75) is 18.9 Å². The molecule has 0 aromatic heterocycles. The molecule has 0 radical (unpaired) electrons. The number of amides is 1. The van der Waals surface area contributed by atoms with Crippen LogP contribution in [0.3, 0.4) is 0 Å². The summed E-state index contributed by atoms with van der Waals surface area (Å²) in [4.78, 5) is 13.1. The number of halogens is 1. The molecule has 1 amide bonds. The van der Waals surface area contributed by atoms with Crippen LogP contribution in [0.2, 0.25) is 0 Å². The maximum Gasteiger partial charge on any atom is 0.237 e. The molecule has 1 aliphatic heterocycles. The Morgan fingerprint density at radius 2 is 2.50 bits per heavy atom. The molecule has 12 heavy (non-hydrogen) atoms. The van der Waals surface area contributed by atoms with Crippen molar-refractivity contribution in [3.05, 3.63) is 0 Å². The van der Waals surface area contributed by atoms with Gasteiger partial charge in [-0.3, -0.25) is 4.79 Å². The monoisotopic (exact) mass is 191 g/mol. The Kier molecular flexibility index (Phi) is 3.82. The zero-order chi connectivity index (χ0) is 8.97. The summed E-state index contributed by atoms with van der Waals surface area (Å²) in [5, 5.41) is 0. The van der Waals surface area contributed by atoms with E-state index in [1.165, 1.54) is 0 Å². The molecule has 1 unspecified atom stereocenters. The Morgan fingerprint density at radius 3 is 3.08 bits per heavy atom. The topological polar surface area (TPSA) is 29.5 Å². The minimum absolute atomic E-state index is 0.0243. The Balaban J connectivity index is 2.45. The number of alkyl halides is 1. The summed E-state index contributed by atoms with van der Waals surface area (Å²) in [6.45, 7) is 1.46. The molecule has 0 aliphatic carbocycles. The van der Waals surface area contributed by atoms with Crippen molar-refractivity contribution in [1.29, 1.82) is 0 Å². The number of ether oxygens (including phenoxy) is 1. The number of rotatable bonds is 3. The summed E-state index contributed by atoms with van der Waals surface area (Å²) in [6, 6.07) is 0.251. The highest BCUT2D eigenvalue weighted by molar-refractivity contribution is 6.27. The molecule has 0 bridgehead atoms. The molecule has 0 aromatic carbocycles. The first-order valence-electron chi connectivity index (χ1n) is 4.14. The zero-order valence-electron chi connectivity index (χ0n) is 7.25. The summed E-state index contributed by atoms with van der Waals surface area (Å²) in [6.07, 6.45) is 2.10. The van der Waals surface area contributed by atoms with E-state index in [0.717, 1.165) is 19.4 Å². The molecule has 1 rings (SSSR count). The number of carbonyl (C=O) groups excluding carboxylic acids is 1. The van der Waals surface area contributed by atoms with E-state index in [2.05, 4.69) is 0 Å². The van der Waals surface area contributed by atoms with Gasteiger partial charge in [-0.25, -0.2) is 0 Å². The van der Waals surface area contributed by atoms with Gasteiger partial charge in [0.25, 0.3) is 0 Å². The molecule has 1 atom stereocenters. The summed E-state index contributed by atoms with van der Waals surface area (Å²) in [7, 11) is 1.65. The first-order valence-corrected chi connectivity index (χ1v) is 4.67. The number of nitrogens with zero attached hydrogens (tertiary/aromatic N) is 1. The van der Waals surface area contributed by atoms with Gasteiger partial charge in [0.1, 0.15) is 5.88 Å². The fourth-order valence-electron chi connectivity index (χ4n) is 1.61. The molecular weight excluding hydrogens is 178 g/mol. The standard InChI is InChI=1S/C8H14ClNO2/c1-12-6-7-3-2-4-10(7)8(11)5-9/h7H,2-6H2,1H3. The third-order valence-electron chi connectivity index (χ3n) is 2.17. The van der Waals surface area contributed by atoms with E-state index in [1.807, 2.05) is 4.90 Å². The second-order valence-corrected chi connectivity index (χ2v) is 3.24.